The van der Waals surface area contributed by atoms with Crippen LogP contribution in [-0.2, 0) is 0 Å². The van der Waals surface area contributed by atoms with Crippen molar-refractivity contribution in [2.45, 2.75) is 26.3 Å². The SMILES string of the molecule is COc1ccc(OC)c(C2CC(c3c(C)cc(C)[nH]c3=O)=NN2c2ccccc2F)c1. The number of para-hydroxylation sites is 1. The summed E-state index contributed by atoms with van der Waals surface area (Å²) in [6, 6.07) is 13.5. The normalized spacial score (nSPS) is 15.7. The topological polar surface area (TPSA) is 66.9 Å². The smallest absolute Gasteiger partial charge is 0.257 e. The van der Waals surface area contributed by atoms with E-state index in [4.69, 9.17) is 14.6 Å². The number of benzene rings is 2. The molecule has 0 fully saturated rings. The minimum absolute atomic E-state index is 0.206. The average Bonchev–Trinajstić information content (AvgIpc) is 3.17. The Morgan fingerprint density at radius 1 is 1.10 bits per heavy atom. The second-order valence-electron chi connectivity index (χ2n) is 7.51. The Balaban J connectivity index is 1.89. The Morgan fingerprint density at radius 2 is 1.87 bits per heavy atom. The first-order valence-corrected chi connectivity index (χ1v) is 9.97. The lowest BCUT2D eigenvalue weighted by Crippen LogP contribution is -2.21. The number of pyridine rings is 1. The van der Waals surface area contributed by atoms with Crippen LogP contribution in [0.3, 0.4) is 0 Å². The molecule has 0 spiro atoms. The highest BCUT2D eigenvalue weighted by Crippen LogP contribution is 2.42. The number of hydrazone groups is 1. The molecule has 1 atom stereocenters. The van der Waals surface area contributed by atoms with E-state index in [1.165, 1.54) is 6.07 Å². The monoisotopic (exact) mass is 421 g/mol. The van der Waals surface area contributed by atoms with Crippen molar-refractivity contribution in [2.24, 2.45) is 5.10 Å². The maximum Gasteiger partial charge on any atom is 0.257 e. The molecule has 160 valence electrons. The summed E-state index contributed by atoms with van der Waals surface area (Å²) < 4.78 is 25.7. The van der Waals surface area contributed by atoms with Gasteiger partial charge < -0.3 is 14.5 Å². The van der Waals surface area contributed by atoms with E-state index in [1.54, 1.807) is 43.5 Å². The summed E-state index contributed by atoms with van der Waals surface area (Å²) in [7, 11) is 3.18. The third kappa shape index (κ3) is 3.79. The van der Waals surface area contributed by atoms with E-state index in [1.807, 2.05) is 32.0 Å². The number of hydrogen-bond acceptors (Lipinski definition) is 5. The van der Waals surface area contributed by atoms with Gasteiger partial charge in [0.1, 0.15) is 17.3 Å². The molecule has 0 amide bonds. The van der Waals surface area contributed by atoms with Crippen molar-refractivity contribution in [3.8, 4) is 11.5 Å². The number of nitrogens with one attached hydrogen (secondary N) is 1. The van der Waals surface area contributed by atoms with Gasteiger partial charge in [0.25, 0.3) is 5.56 Å². The highest BCUT2D eigenvalue weighted by Gasteiger charge is 2.34. The number of aromatic nitrogens is 1. The van der Waals surface area contributed by atoms with E-state index in [0.717, 1.165) is 16.8 Å². The van der Waals surface area contributed by atoms with E-state index < -0.39 is 5.82 Å². The molecule has 7 heteroatoms. The predicted octanol–water partition coefficient (Wildman–Crippen LogP) is 4.50. The van der Waals surface area contributed by atoms with Crippen molar-refractivity contribution in [1.82, 2.24) is 4.98 Å². The lowest BCUT2D eigenvalue weighted by molar-refractivity contribution is 0.395. The van der Waals surface area contributed by atoms with Crippen molar-refractivity contribution in [1.29, 1.82) is 0 Å². The molecule has 0 saturated carbocycles. The molecule has 1 N–H and O–H groups in total. The van der Waals surface area contributed by atoms with Crippen LogP contribution in [-0.4, -0.2) is 24.9 Å². The van der Waals surface area contributed by atoms with Crippen molar-refractivity contribution in [3.63, 3.8) is 0 Å². The first-order chi connectivity index (χ1) is 14.9. The third-order valence-electron chi connectivity index (χ3n) is 5.46. The van der Waals surface area contributed by atoms with Gasteiger partial charge in [-0.1, -0.05) is 12.1 Å². The fraction of sp³-hybridized carbons (Fsp3) is 0.250. The lowest BCUT2D eigenvalue weighted by Gasteiger charge is -2.26. The summed E-state index contributed by atoms with van der Waals surface area (Å²) in [5, 5.41) is 6.35. The molecule has 1 aromatic heterocycles. The standard InChI is InChI=1S/C24H24FN3O3/c1-14-11-15(2)26-24(29)23(14)19-13-21(17-12-16(30-3)9-10-22(17)31-4)28(27-19)20-8-6-5-7-18(20)25/h5-12,21H,13H2,1-4H3,(H,26,29). The zero-order valence-electron chi connectivity index (χ0n) is 17.9. The van der Waals surface area contributed by atoms with Gasteiger partial charge in [0, 0.05) is 17.7 Å². The molecule has 2 heterocycles. The number of H-pyrrole nitrogens is 1. The van der Waals surface area contributed by atoms with Crippen LogP contribution in [0.1, 0.15) is 34.8 Å². The van der Waals surface area contributed by atoms with Crippen LogP contribution in [0.25, 0.3) is 0 Å². The predicted molar refractivity (Wildman–Crippen MR) is 119 cm³/mol. The number of methoxy groups -OCH3 is 2. The van der Waals surface area contributed by atoms with Gasteiger partial charge in [-0.2, -0.15) is 5.10 Å². The largest absolute Gasteiger partial charge is 0.497 e. The highest BCUT2D eigenvalue weighted by atomic mass is 19.1. The minimum atomic E-state index is -0.395. The van der Waals surface area contributed by atoms with E-state index >= 15 is 0 Å². The highest BCUT2D eigenvalue weighted by molar-refractivity contribution is 6.04. The number of hydrogen-bond donors (Lipinski definition) is 1. The quantitative estimate of drug-likeness (QED) is 0.659. The lowest BCUT2D eigenvalue weighted by atomic mass is 9.95. The Bertz CT molecular complexity index is 1220. The zero-order chi connectivity index (χ0) is 22.1. The summed E-state index contributed by atoms with van der Waals surface area (Å²) in [5.74, 6) is 0.897. The number of rotatable bonds is 5. The Hall–Kier alpha value is -3.61. The molecular formula is C24H24FN3O3. The molecule has 31 heavy (non-hydrogen) atoms. The summed E-state index contributed by atoms with van der Waals surface area (Å²) in [5.41, 5.74) is 3.63. The van der Waals surface area contributed by atoms with Crippen molar-refractivity contribution in [2.75, 3.05) is 19.2 Å². The summed E-state index contributed by atoms with van der Waals surface area (Å²) in [4.78, 5) is 15.6. The summed E-state index contributed by atoms with van der Waals surface area (Å²) >= 11 is 0. The number of anilines is 1. The molecule has 1 unspecified atom stereocenters. The van der Waals surface area contributed by atoms with Crippen LogP contribution in [0.15, 0.2) is 58.4 Å². The molecule has 6 nitrogen and oxygen atoms in total. The Labute approximate surface area is 179 Å². The first kappa shape index (κ1) is 20.7. The third-order valence-corrected chi connectivity index (χ3v) is 5.46. The number of ether oxygens (including phenoxy) is 2. The second kappa shape index (κ2) is 8.26. The van der Waals surface area contributed by atoms with Crippen molar-refractivity contribution in [3.05, 3.63) is 87.1 Å². The van der Waals surface area contributed by atoms with Crippen LogP contribution in [0.2, 0.25) is 0 Å². The summed E-state index contributed by atoms with van der Waals surface area (Å²) in [6.45, 7) is 3.72. The van der Waals surface area contributed by atoms with E-state index in [9.17, 15) is 9.18 Å². The minimum Gasteiger partial charge on any atom is -0.497 e. The molecule has 0 radical (unpaired) electrons. The number of aryl methyl sites for hydroxylation is 2. The van der Waals surface area contributed by atoms with Crippen molar-refractivity contribution >= 4 is 11.4 Å². The summed E-state index contributed by atoms with van der Waals surface area (Å²) in [6.07, 6.45) is 0.408. The van der Waals surface area contributed by atoms with Gasteiger partial charge in [0.15, 0.2) is 0 Å². The molecule has 4 rings (SSSR count). The molecule has 0 saturated heterocycles. The molecule has 0 aliphatic carbocycles. The van der Waals surface area contributed by atoms with Gasteiger partial charge in [-0.05, 0) is 55.8 Å². The Morgan fingerprint density at radius 3 is 2.55 bits per heavy atom. The molecule has 1 aliphatic rings. The van der Waals surface area contributed by atoms with Gasteiger partial charge in [0.2, 0.25) is 0 Å². The van der Waals surface area contributed by atoms with Gasteiger partial charge in [-0.15, -0.1) is 0 Å². The first-order valence-electron chi connectivity index (χ1n) is 9.97. The van der Waals surface area contributed by atoms with Gasteiger partial charge >= 0.3 is 0 Å². The van der Waals surface area contributed by atoms with Gasteiger partial charge in [0.05, 0.1) is 37.2 Å². The van der Waals surface area contributed by atoms with Crippen LogP contribution in [0.4, 0.5) is 10.1 Å². The molecule has 0 bridgehead atoms. The van der Waals surface area contributed by atoms with Gasteiger partial charge in [-0.25, -0.2) is 4.39 Å². The maximum absolute atomic E-state index is 14.8. The average molecular weight is 421 g/mol. The molecule has 3 aromatic rings. The number of aromatic amines is 1. The van der Waals surface area contributed by atoms with Crippen LogP contribution >= 0.6 is 0 Å². The number of nitrogens with zero attached hydrogens (tertiary/aromatic N) is 2. The number of halogens is 1. The maximum atomic E-state index is 14.8. The molecule has 1 aliphatic heterocycles. The van der Waals surface area contributed by atoms with Crippen LogP contribution in [0, 0.1) is 19.7 Å². The molecular weight excluding hydrogens is 397 g/mol. The zero-order valence-corrected chi connectivity index (χ0v) is 17.9. The second-order valence-corrected chi connectivity index (χ2v) is 7.51. The van der Waals surface area contributed by atoms with Gasteiger partial charge in [-0.3, -0.25) is 9.80 Å². The van der Waals surface area contributed by atoms with E-state index in [2.05, 4.69) is 4.98 Å². The van der Waals surface area contributed by atoms with Crippen LogP contribution < -0.4 is 20.0 Å². The van der Waals surface area contributed by atoms with E-state index in [-0.39, 0.29) is 11.6 Å². The van der Waals surface area contributed by atoms with Crippen LogP contribution in [0.5, 0.6) is 11.5 Å². The fourth-order valence-electron chi connectivity index (χ4n) is 4.08. The molecule has 2 aromatic carbocycles. The van der Waals surface area contributed by atoms with E-state index in [0.29, 0.717) is 34.9 Å². The van der Waals surface area contributed by atoms with Crippen molar-refractivity contribution < 1.29 is 13.9 Å². The fourth-order valence-corrected chi connectivity index (χ4v) is 4.08. The Kier molecular flexibility index (Phi) is 5.50.